The third kappa shape index (κ3) is 5.20. The molecule has 23 heavy (non-hydrogen) atoms. The minimum atomic E-state index is -0.706. The normalized spacial score (nSPS) is 23.7. The predicted molar refractivity (Wildman–Crippen MR) is 91.9 cm³/mol. The lowest BCUT2D eigenvalue weighted by Crippen LogP contribution is -2.54. The van der Waals surface area contributed by atoms with E-state index in [0.29, 0.717) is 12.1 Å². The number of nitrogens with zero attached hydrogens (tertiary/aromatic N) is 1. The first-order chi connectivity index (χ1) is 11.1. The van der Waals surface area contributed by atoms with E-state index in [0.717, 1.165) is 43.3 Å². The van der Waals surface area contributed by atoms with Crippen LogP contribution in [-0.2, 0) is 11.2 Å². The summed E-state index contributed by atoms with van der Waals surface area (Å²) in [5.74, 6) is 0.0344. The fourth-order valence-electron chi connectivity index (χ4n) is 3.31. The van der Waals surface area contributed by atoms with Crippen LogP contribution in [0.4, 0.5) is 0 Å². The van der Waals surface area contributed by atoms with E-state index < -0.39 is 5.97 Å². The highest BCUT2D eigenvalue weighted by molar-refractivity contribution is 6.30. The van der Waals surface area contributed by atoms with Gasteiger partial charge < -0.3 is 10.4 Å². The van der Waals surface area contributed by atoms with Crippen molar-refractivity contribution in [2.24, 2.45) is 5.92 Å². The van der Waals surface area contributed by atoms with E-state index in [1.807, 2.05) is 18.2 Å². The lowest BCUT2D eigenvalue weighted by atomic mass is 9.85. The molecule has 2 aliphatic carbocycles. The number of hydrogen-bond donors (Lipinski definition) is 2. The van der Waals surface area contributed by atoms with Crippen molar-refractivity contribution in [2.75, 3.05) is 19.6 Å². The molecular weight excluding hydrogens is 312 g/mol. The molecule has 0 aromatic heterocycles. The minimum absolute atomic E-state index is 0.191. The summed E-state index contributed by atoms with van der Waals surface area (Å²) in [6.45, 7) is 2.10. The molecule has 0 bridgehead atoms. The number of carboxylic acids is 1. The number of carboxylic acid groups (broad SMARTS) is 1. The molecule has 4 nitrogen and oxygen atoms in total. The fraction of sp³-hybridized carbons (Fsp3) is 0.611. The van der Waals surface area contributed by atoms with E-state index in [1.165, 1.54) is 18.4 Å². The number of benzene rings is 1. The Morgan fingerprint density at radius 3 is 2.78 bits per heavy atom. The summed E-state index contributed by atoms with van der Waals surface area (Å²) in [5.41, 5.74) is 1.25. The Morgan fingerprint density at radius 1 is 1.35 bits per heavy atom. The smallest absolute Gasteiger partial charge is 0.317 e. The van der Waals surface area contributed by atoms with Gasteiger partial charge in [0.05, 0.1) is 6.54 Å². The highest BCUT2D eigenvalue weighted by Gasteiger charge is 2.36. The highest BCUT2D eigenvalue weighted by Crippen LogP contribution is 2.33. The molecule has 0 atom stereocenters. The molecule has 0 saturated heterocycles. The molecule has 1 aromatic carbocycles. The number of halogens is 1. The van der Waals surface area contributed by atoms with Crippen molar-refractivity contribution in [2.45, 2.75) is 44.2 Å². The molecule has 0 aliphatic heterocycles. The van der Waals surface area contributed by atoms with Gasteiger partial charge in [0.25, 0.3) is 0 Å². The van der Waals surface area contributed by atoms with Crippen molar-refractivity contribution < 1.29 is 9.90 Å². The van der Waals surface area contributed by atoms with Gasteiger partial charge in [-0.2, -0.15) is 0 Å². The zero-order valence-corrected chi connectivity index (χ0v) is 14.1. The summed E-state index contributed by atoms with van der Waals surface area (Å²) in [6, 6.07) is 8.95. The van der Waals surface area contributed by atoms with Gasteiger partial charge in [-0.05, 0) is 62.3 Å². The summed E-state index contributed by atoms with van der Waals surface area (Å²) in [6.07, 6.45) is 5.64. The highest BCUT2D eigenvalue weighted by atomic mass is 35.5. The van der Waals surface area contributed by atoms with Crippen LogP contribution < -0.4 is 5.32 Å². The number of nitrogens with one attached hydrogen (secondary N) is 1. The molecule has 2 fully saturated rings. The molecule has 0 amide bonds. The van der Waals surface area contributed by atoms with Gasteiger partial charge >= 0.3 is 5.97 Å². The van der Waals surface area contributed by atoms with Crippen LogP contribution in [0.1, 0.15) is 31.2 Å². The molecule has 2 N–H and O–H groups in total. The first-order valence-electron chi connectivity index (χ1n) is 8.54. The number of rotatable bonds is 9. The monoisotopic (exact) mass is 336 g/mol. The summed E-state index contributed by atoms with van der Waals surface area (Å²) in [4.78, 5) is 13.2. The molecule has 2 aliphatic rings. The summed E-state index contributed by atoms with van der Waals surface area (Å²) in [7, 11) is 0. The molecule has 0 radical (unpaired) electrons. The average molecular weight is 337 g/mol. The van der Waals surface area contributed by atoms with Crippen LogP contribution in [0.25, 0.3) is 0 Å². The van der Waals surface area contributed by atoms with Crippen LogP contribution in [0.3, 0.4) is 0 Å². The molecule has 5 heteroatoms. The van der Waals surface area contributed by atoms with Gasteiger partial charge in [-0.15, -0.1) is 0 Å². The Morgan fingerprint density at radius 2 is 2.13 bits per heavy atom. The van der Waals surface area contributed by atoms with E-state index in [1.54, 1.807) is 0 Å². The van der Waals surface area contributed by atoms with Crippen LogP contribution >= 0.6 is 11.6 Å². The molecule has 0 unspecified atom stereocenters. The van der Waals surface area contributed by atoms with E-state index in [4.69, 9.17) is 16.7 Å². The second-order valence-corrected chi connectivity index (χ2v) is 7.36. The molecule has 0 heterocycles. The topological polar surface area (TPSA) is 52.6 Å². The van der Waals surface area contributed by atoms with Crippen LogP contribution in [0.5, 0.6) is 0 Å². The van der Waals surface area contributed by atoms with E-state index in [9.17, 15) is 4.79 Å². The van der Waals surface area contributed by atoms with Crippen LogP contribution in [-0.4, -0.2) is 47.7 Å². The molecule has 2 saturated carbocycles. The van der Waals surface area contributed by atoms with Gasteiger partial charge in [0.2, 0.25) is 0 Å². The lowest BCUT2D eigenvalue weighted by molar-refractivity contribution is -0.139. The average Bonchev–Trinajstić information content (AvgIpc) is 3.24. The fourth-order valence-corrected chi connectivity index (χ4v) is 3.53. The first-order valence-corrected chi connectivity index (χ1v) is 8.91. The van der Waals surface area contributed by atoms with Crippen molar-refractivity contribution in [3.05, 3.63) is 34.9 Å². The van der Waals surface area contributed by atoms with Gasteiger partial charge in [-0.1, -0.05) is 23.7 Å². The predicted octanol–water partition coefficient (Wildman–Crippen LogP) is 2.80. The zero-order valence-electron chi connectivity index (χ0n) is 13.4. The van der Waals surface area contributed by atoms with E-state index in [2.05, 4.69) is 16.3 Å². The van der Waals surface area contributed by atoms with Gasteiger partial charge in [-0.25, -0.2) is 0 Å². The number of hydrogen-bond acceptors (Lipinski definition) is 3. The lowest BCUT2D eigenvalue weighted by Gasteiger charge is -2.43. The number of aliphatic carboxylic acids is 1. The van der Waals surface area contributed by atoms with Crippen molar-refractivity contribution in [3.63, 3.8) is 0 Å². The maximum absolute atomic E-state index is 11.0. The summed E-state index contributed by atoms with van der Waals surface area (Å²) < 4.78 is 0. The van der Waals surface area contributed by atoms with E-state index >= 15 is 0 Å². The molecule has 0 spiro atoms. The van der Waals surface area contributed by atoms with Gasteiger partial charge in [-0.3, -0.25) is 9.69 Å². The maximum Gasteiger partial charge on any atom is 0.317 e. The van der Waals surface area contributed by atoms with Crippen LogP contribution in [0, 0.1) is 5.92 Å². The summed E-state index contributed by atoms with van der Waals surface area (Å²) in [5, 5.41) is 13.4. The maximum atomic E-state index is 11.0. The van der Waals surface area contributed by atoms with Crippen LogP contribution in [0.2, 0.25) is 5.02 Å². The summed E-state index contributed by atoms with van der Waals surface area (Å²) >= 11 is 5.99. The minimum Gasteiger partial charge on any atom is -0.480 e. The van der Waals surface area contributed by atoms with Gasteiger partial charge in [0, 0.05) is 23.7 Å². The first kappa shape index (κ1) is 16.7. The molecule has 126 valence electrons. The Kier molecular flexibility index (Phi) is 5.57. The zero-order chi connectivity index (χ0) is 16.2. The van der Waals surface area contributed by atoms with Crippen molar-refractivity contribution in [3.8, 4) is 0 Å². The molecular formula is C18H25ClN2O2. The standard InChI is InChI=1S/C18H25ClN2O2/c19-15-3-1-2-13(8-15)6-7-20-16-9-17(10-16)21(12-18(22)23)11-14-4-5-14/h1-3,8,14,16-17,20H,4-7,9-12H2,(H,22,23). The second kappa shape index (κ2) is 7.65. The SMILES string of the molecule is O=C(O)CN(CC1CC1)C1CC(NCCc2cccc(Cl)c2)C1. The Hall–Kier alpha value is -1.10. The number of carbonyl (C=O) groups is 1. The second-order valence-electron chi connectivity index (χ2n) is 6.92. The van der Waals surface area contributed by atoms with Crippen LogP contribution in [0.15, 0.2) is 24.3 Å². The van der Waals surface area contributed by atoms with Crippen molar-refractivity contribution >= 4 is 17.6 Å². The van der Waals surface area contributed by atoms with Gasteiger partial charge in [0.15, 0.2) is 0 Å². The third-order valence-electron chi connectivity index (χ3n) is 4.89. The van der Waals surface area contributed by atoms with Gasteiger partial charge in [0.1, 0.15) is 0 Å². The molecule has 3 rings (SSSR count). The largest absolute Gasteiger partial charge is 0.480 e. The molecule has 1 aromatic rings. The third-order valence-corrected chi connectivity index (χ3v) is 5.13. The Balaban J connectivity index is 1.36. The Labute approximate surface area is 142 Å². The quantitative estimate of drug-likeness (QED) is 0.728. The van der Waals surface area contributed by atoms with E-state index in [-0.39, 0.29) is 6.54 Å². The van der Waals surface area contributed by atoms with Crippen molar-refractivity contribution in [1.29, 1.82) is 0 Å². The Bertz CT molecular complexity index is 542. The van der Waals surface area contributed by atoms with Crippen molar-refractivity contribution in [1.82, 2.24) is 10.2 Å².